The Kier molecular flexibility index (Phi) is 8.45. The predicted molar refractivity (Wildman–Crippen MR) is 124 cm³/mol. The van der Waals surface area contributed by atoms with Gasteiger partial charge < -0.3 is 9.47 Å². The van der Waals surface area contributed by atoms with Crippen molar-refractivity contribution in [2.45, 2.75) is 33.3 Å². The van der Waals surface area contributed by atoms with Crippen molar-refractivity contribution >= 4 is 17.1 Å². The number of hydrogen-bond acceptors (Lipinski definition) is 6. The van der Waals surface area contributed by atoms with Crippen LogP contribution in [-0.4, -0.2) is 18.1 Å². The third kappa shape index (κ3) is 6.99. The number of nitro benzene ring substituents is 1. The van der Waals surface area contributed by atoms with Crippen LogP contribution in [0.5, 0.6) is 5.75 Å². The van der Waals surface area contributed by atoms with Gasteiger partial charge in [0.2, 0.25) is 0 Å². The number of benzene rings is 3. The maximum Gasteiger partial charge on any atom is 0.269 e. The quantitative estimate of drug-likeness (QED) is 0.141. The SMILES string of the molecule is Cc1cc(OCCCCOCc2ccccc2)cc(C)c1N=Nc1ccc([N+](=O)[O-])cc1. The van der Waals surface area contributed by atoms with Crippen LogP contribution in [0.15, 0.2) is 77.0 Å². The molecule has 0 aliphatic rings. The minimum atomic E-state index is -0.439. The zero-order valence-electron chi connectivity index (χ0n) is 18.4. The van der Waals surface area contributed by atoms with Crippen molar-refractivity contribution in [3.05, 3.63) is 93.5 Å². The molecular weight excluding hydrogens is 406 g/mol. The Bertz CT molecular complexity index is 1030. The summed E-state index contributed by atoms with van der Waals surface area (Å²) in [5.41, 5.74) is 4.45. The molecule has 0 radical (unpaired) electrons. The van der Waals surface area contributed by atoms with Crippen LogP contribution in [-0.2, 0) is 11.3 Å². The van der Waals surface area contributed by atoms with Gasteiger partial charge in [-0.05, 0) is 67.6 Å². The van der Waals surface area contributed by atoms with Crippen LogP contribution >= 0.6 is 0 Å². The number of azo groups is 1. The number of nitro groups is 1. The van der Waals surface area contributed by atoms with E-state index in [1.807, 2.05) is 44.2 Å². The number of ether oxygens (including phenoxy) is 2. The van der Waals surface area contributed by atoms with E-state index in [0.29, 0.717) is 25.5 Å². The van der Waals surface area contributed by atoms with Crippen molar-refractivity contribution < 1.29 is 14.4 Å². The molecule has 0 aliphatic carbocycles. The molecular formula is C25H27N3O4. The molecule has 7 heteroatoms. The largest absolute Gasteiger partial charge is 0.494 e. The zero-order valence-corrected chi connectivity index (χ0v) is 18.4. The van der Waals surface area contributed by atoms with Gasteiger partial charge in [-0.2, -0.15) is 10.2 Å². The number of rotatable bonds is 11. The summed E-state index contributed by atoms with van der Waals surface area (Å²) in [4.78, 5) is 10.3. The van der Waals surface area contributed by atoms with E-state index in [9.17, 15) is 10.1 Å². The van der Waals surface area contributed by atoms with Crippen LogP contribution in [0.3, 0.4) is 0 Å². The third-order valence-electron chi connectivity index (χ3n) is 4.85. The summed E-state index contributed by atoms with van der Waals surface area (Å²) >= 11 is 0. The van der Waals surface area contributed by atoms with Gasteiger partial charge in [0, 0.05) is 18.7 Å². The summed E-state index contributed by atoms with van der Waals surface area (Å²) in [6.45, 7) is 5.88. The Morgan fingerprint density at radius 3 is 2.19 bits per heavy atom. The van der Waals surface area contributed by atoms with Crippen LogP contribution < -0.4 is 4.74 Å². The van der Waals surface area contributed by atoms with E-state index in [1.54, 1.807) is 12.1 Å². The standard InChI is InChI=1S/C25H27N3O4/c1-19-16-24(32-15-7-6-14-31-18-21-8-4-3-5-9-21)17-20(2)25(19)27-26-22-10-12-23(13-11-22)28(29)30/h3-5,8-13,16-17H,6-7,14-15,18H2,1-2H3. The molecule has 0 aliphatic heterocycles. The highest BCUT2D eigenvalue weighted by Crippen LogP contribution is 2.30. The molecule has 0 saturated heterocycles. The van der Waals surface area contributed by atoms with Gasteiger partial charge in [0.15, 0.2) is 0 Å². The Balaban J connectivity index is 1.45. The summed E-state index contributed by atoms with van der Waals surface area (Å²) in [6.07, 6.45) is 1.85. The smallest absolute Gasteiger partial charge is 0.269 e. The summed E-state index contributed by atoms with van der Waals surface area (Å²) in [6, 6.07) is 20.0. The van der Waals surface area contributed by atoms with E-state index >= 15 is 0 Å². The van der Waals surface area contributed by atoms with E-state index in [2.05, 4.69) is 22.4 Å². The molecule has 3 rings (SSSR count). The average Bonchev–Trinajstić information content (AvgIpc) is 2.79. The second-order valence-electron chi connectivity index (χ2n) is 7.47. The molecule has 0 bridgehead atoms. The first-order valence-corrected chi connectivity index (χ1v) is 10.5. The Hall–Kier alpha value is -3.58. The van der Waals surface area contributed by atoms with E-state index in [0.717, 1.165) is 35.4 Å². The van der Waals surface area contributed by atoms with Gasteiger partial charge in [0.1, 0.15) is 5.75 Å². The molecule has 3 aromatic rings. The number of aryl methyl sites for hydroxylation is 2. The Morgan fingerprint density at radius 2 is 1.53 bits per heavy atom. The zero-order chi connectivity index (χ0) is 22.8. The number of non-ortho nitro benzene ring substituents is 1. The highest BCUT2D eigenvalue weighted by Gasteiger charge is 2.07. The first-order valence-electron chi connectivity index (χ1n) is 10.5. The van der Waals surface area contributed by atoms with Crippen molar-refractivity contribution in [2.75, 3.05) is 13.2 Å². The molecule has 0 aromatic heterocycles. The van der Waals surface area contributed by atoms with Crippen LogP contribution in [0.1, 0.15) is 29.5 Å². The van der Waals surface area contributed by atoms with Crippen molar-refractivity contribution in [3.63, 3.8) is 0 Å². The lowest BCUT2D eigenvalue weighted by atomic mass is 10.1. The molecule has 32 heavy (non-hydrogen) atoms. The maximum absolute atomic E-state index is 10.7. The summed E-state index contributed by atoms with van der Waals surface area (Å²) in [7, 11) is 0. The molecule has 7 nitrogen and oxygen atoms in total. The lowest BCUT2D eigenvalue weighted by molar-refractivity contribution is -0.384. The van der Waals surface area contributed by atoms with E-state index in [1.165, 1.54) is 17.7 Å². The molecule has 0 spiro atoms. The third-order valence-corrected chi connectivity index (χ3v) is 4.85. The molecule has 0 atom stereocenters. The van der Waals surface area contributed by atoms with Crippen LogP contribution in [0.25, 0.3) is 0 Å². The first kappa shape index (κ1) is 23.1. The number of unbranched alkanes of at least 4 members (excludes halogenated alkanes) is 1. The molecule has 0 heterocycles. The van der Waals surface area contributed by atoms with Gasteiger partial charge in [-0.25, -0.2) is 0 Å². The minimum absolute atomic E-state index is 0.0283. The second kappa shape index (κ2) is 11.7. The summed E-state index contributed by atoms with van der Waals surface area (Å²) < 4.78 is 11.6. The molecule has 0 fully saturated rings. The first-order chi connectivity index (χ1) is 15.5. The van der Waals surface area contributed by atoms with Gasteiger partial charge in [-0.15, -0.1) is 0 Å². The molecule has 0 N–H and O–H groups in total. The molecule has 3 aromatic carbocycles. The minimum Gasteiger partial charge on any atom is -0.494 e. The van der Waals surface area contributed by atoms with Crippen molar-refractivity contribution in [2.24, 2.45) is 10.2 Å². The normalized spacial score (nSPS) is 11.1. The second-order valence-corrected chi connectivity index (χ2v) is 7.47. The van der Waals surface area contributed by atoms with Gasteiger partial charge in [-0.3, -0.25) is 10.1 Å². The van der Waals surface area contributed by atoms with Gasteiger partial charge >= 0.3 is 0 Å². The fraction of sp³-hybridized carbons (Fsp3) is 0.280. The van der Waals surface area contributed by atoms with Crippen molar-refractivity contribution in [1.29, 1.82) is 0 Å². The number of nitrogens with zero attached hydrogens (tertiary/aromatic N) is 3. The lowest BCUT2D eigenvalue weighted by Crippen LogP contribution is -2.01. The highest BCUT2D eigenvalue weighted by molar-refractivity contribution is 5.55. The Morgan fingerprint density at radius 1 is 0.875 bits per heavy atom. The summed E-state index contributed by atoms with van der Waals surface area (Å²) in [5.74, 6) is 0.805. The topological polar surface area (TPSA) is 86.3 Å². The number of hydrogen-bond donors (Lipinski definition) is 0. The molecule has 166 valence electrons. The van der Waals surface area contributed by atoms with Crippen LogP contribution in [0.2, 0.25) is 0 Å². The average molecular weight is 434 g/mol. The fourth-order valence-electron chi connectivity index (χ4n) is 3.17. The van der Waals surface area contributed by atoms with Crippen molar-refractivity contribution in [3.8, 4) is 5.75 Å². The van der Waals surface area contributed by atoms with Crippen molar-refractivity contribution in [1.82, 2.24) is 0 Å². The van der Waals surface area contributed by atoms with Crippen LogP contribution in [0.4, 0.5) is 17.1 Å². The maximum atomic E-state index is 10.7. The molecule has 0 saturated carbocycles. The molecule has 0 unspecified atom stereocenters. The summed E-state index contributed by atoms with van der Waals surface area (Å²) in [5, 5.41) is 19.3. The van der Waals surface area contributed by atoms with E-state index in [-0.39, 0.29) is 5.69 Å². The van der Waals surface area contributed by atoms with Gasteiger partial charge in [0.25, 0.3) is 5.69 Å². The highest BCUT2D eigenvalue weighted by atomic mass is 16.6. The van der Waals surface area contributed by atoms with E-state index < -0.39 is 4.92 Å². The fourth-order valence-corrected chi connectivity index (χ4v) is 3.17. The van der Waals surface area contributed by atoms with Crippen LogP contribution in [0, 0.1) is 24.0 Å². The van der Waals surface area contributed by atoms with Gasteiger partial charge in [0.05, 0.1) is 29.5 Å². The van der Waals surface area contributed by atoms with E-state index in [4.69, 9.17) is 9.47 Å². The van der Waals surface area contributed by atoms with Gasteiger partial charge in [-0.1, -0.05) is 30.3 Å². The Labute approximate surface area is 187 Å². The molecule has 0 amide bonds. The monoisotopic (exact) mass is 433 g/mol. The predicted octanol–water partition coefficient (Wildman–Crippen LogP) is 7.00. The lowest BCUT2D eigenvalue weighted by Gasteiger charge is -2.11.